The predicted molar refractivity (Wildman–Crippen MR) is 145 cm³/mol. The summed E-state index contributed by atoms with van der Waals surface area (Å²) in [6.07, 6.45) is -7.47. The van der Waals surface area contributed by atoms with Gasteiger partial charge in [-0.25, -0.2) is 4.79 Å². The maximum absolute atomic E-state index is 13.6. The fourth-order valence-corrected chi connectivity index (χ4v) is 5.81. The lowest BCUT2D eigenvalue weighted by atomic mass is 10.0. The van der Waals surface area contributed by atoms with Crippen LogP contribution in [0.1, 0.15) is 22.3 Å². The van der Waals surface area contributed by atoms with Crippen LogP contribution >= 0.6 is 11.8 Å². The first-order valence-corrected chi connectivity index (χ1v) is 13.6. The molecule has 5 rings (SSSR count). The number of hydrogen-bond donors (Lipinski definition) is 1. The van der Waals surface area contributed by atoms with E-state index in [1.807, 2.05) is 0 Å². The number of piperazine rings is 1. The Morgan fingerprint density at radius 3 is 2.56 bits per heavy atom. The van der Waals surface area contributed by atoms with Crippen molar-refractivity contribution in [2.45, 2.75) is 24.9 Å². The molecule has 1 fully saturated rings. The van der Waals surface area contributed by atoms with Crippen molar-refractivity contribution in [3.05, 3.63) is 69.8 Å². The molecule has 1 saturated heterocycles. The third kappa shape index (κ3) is 6.34. The second-order valence-corrected chi connectivity index (χ2v) is 10.8. The van der Waals surface area contributed by atoms with Crippen LogP contribution in [0.5, 0.6) is 0 Å². The Kier molecular flexibility index (Phi) is 8.17. The number of fused-ring (bicyclic) bond motifs is 1. The van der Waals surface area contributed by atoms with E-state index in [1.165, 1.54) is 22.9 Å². The quantitative estimate of drug-likeness (QED) is 0.327. The maximum atomic E-state index is 13.6. The second kappa shape index (κ2) is 11.6. The molecule has 0 aliphatic carbocycles. The zero-order chi connectivity index (χ0) is 31.1. The number of aliphatic hydroxyl groups excluding tert-OH is 1. The Morgan fingerprint density at radius 2 is 1.88 bits per heavy atom. The lowest BCUT2D eigenvalue weighted by molar-refractivity contribution is -0.143. The van der Waals surface area contributed by atoms with Crippen molar-refractivity contribution in [2.75, 3.05) is 33.4 Å². The first kappa shape index (κ1) is 30.4. The fraction of sp³-hybridized carbons (Fsp3) is 0.333. The molecule has 0 saturated carbocycles. The van der Waals surface area contributed by atoms with Crippen LogP contribution in [0.3, 0.4) is 0 Å². The van der Waals surface area contributed by atoms with Crippen molar-refractivity contribution in [1.82, 2.24) is 19.6 Å². The molecule has 0 spiro atoms. The van der Waals surface area contributed by atoms with Crippen LogP contribution in [0.25, 0.3) is 17.0 Å². The van der Waals surface area contributed by atoms with Gasteiger partial charge in [-0.2, -0.15) is 36.4 Å². The van der Waals surface area contributed by atoms with Crippen molar-refractivity contribution in [3.8, 4) is 0 Å². The van der Waals surface area contributed by atoms with Crippen molar-refractivity contribution in [1.29, 1.82) is 0 Å². The Hall–Kier alpha value is -4.05. The second-order valence-electron chi connectivity index (χ2n) is 9.74. The van der Waals surface area contributed by atoms with Gasteiger partial charge < -0.3 is 14.7 Å². The van der Waals surface area contributed by atoms with E-state index >= 15 is 0 Å². The topological polar surface area (TPSA) is 100 Å². The molecule has 1 N–H and O–H groups in total. The van der Waals surface area contributed by atoms with E-state index in [4.69, 9.17) is 4.74 Å². The van der Waals surface area contributed by atoms with Crippen LogP contribution in [0, 0.1) is 0 Å². The number of hydrogen-bond acceptors (Lipinski definition) is 7. The molecule has 2 aliphatic heterocycles. The summed E-state index contributed by atoms with van der Waals surface area (Å²) in [5, 5.41) is 14.8. The molecule has 3 aromatic rings. The molecule has 1 aromatic heterocycles. The number of methoxy groups -OCH3 is 1. The lowest BCUT2D eigenvalue weighted by Crippen LogP contribution is -2.57. The maximum Gasteiger partial charge on any atom is 0.416 e. The Balaban J connectivity index is 1.33. The molecule has 1 atom stereocenters. The number of benzene rings is 2. The van der Waals surface area contributed by atoms with E-state index < -0.39 is 48.1 Å². The Morgan fingerprint density at radius 1 is 1.12 bits per heavy atom. The highest BCUT2D eigenvalue weighted by Crippen LogP contribution is 2.38. The SMILES string of the molecule is COC(=O)N1CCN(C2=NC(=O)/C(=C/c3ccc4c(cnn4Cc4ccc(C(F)(F)F)cc4C(F)(F)F)c3)S2)C[C@@H]1CO. The van der Waals surface area contributed by atoms with Crippen molar-refractivity contribution in [2.24, 2.45) is 4.99 Å². The van der Waals surface area contributed by atoms with Gasteiger partial charge in [0.15, 0.2) is 5.17 Å². The molecule has 0 unspecified atom stereocenters. The summed E-state index contributed by atoms with van der Waals surface area (Å²) in [7, 11) is 1.25. The largest absolute Gasteiger partial charge is 0.453 e. The fourth-order valence-electron chi connectivity index (χ4n) is 4.86. The summed E-state index contributed by atoms with van der Waals surface area (Å²) in [4.78, 5) is 32.2. The van der Waals surface area contributed by atoms with Crippen LogP contribution in [-0.4, -0.2) is 81.2 Å². The van der Waals surface area contributed by atoms with Crippen LogP contribution in [0.4, 0.5) is 31.1 Å². The molecule has 2 amide bonds. The number of alkyl halides is 6. The monoisotopic (exact) mass is 627 g/mol. The molecule has 43 heavy (non-hydrogen) atoms. The number of halogens is 6. The first-order chi connectivity index (χ1) is 20.3. The number of nitrogens with zero attached hydrogens (tertiary/aromatic N) is 5. The number of carbonyl (C=O) groups excluding carboxylic acids is 2. The van der Waals surface area contributed by atoms with Gasteiger partial charge in [-0.1, -0.05) is 12.1 Å². The number of thioether (sulfide) groups is 1. The summed E-state index contributed by atoms with van der Waals surface area (Å²) < 4.78 is 85.9. The van der Waals surface area contributed by atoms with Crippen molar-refractivity contribution >= 4 is 45.9 Å². The smallest absolute Gasteiger partial charge is 0.416 e. The molecule has 9 nitrogen and oxygen atoms in total. The molecule has 2 aliphatic rings. The van der Waals surface area contributed by atoms with Crippen molar-refractivity contribution in [3.63, 3.8) is 0 Å². The molecule has 0 bridgehead atoms. The minimum atomic E-state index is -5.00. The highest BCUT2D eigenvalue weighted by molar-refractivity contribution is 8.18. The third-order valence-electron chi connectivity index (χ3n) is 7.01. The summed E-state index contributed by atoms with van der Waals surface area (Å²) in [5.41, 5.74) is -2.12. The molecule has 2 aromatic carbocycles. The zero-order valence-corrected chi connectivity index (χ0v) is 23.1. The van der Waals surface area contributed by atoms with Gasteiger partial charge in [0.25, 0.3) is 5.91 Å². The first-order valence-electron chi connectivity index (χ1n) is 12.7. The van der Waals surface area contributed by atoms with Gasteiger partial charge in [0.1, 0.15) is 0 Å². The van der Waals surface area contributed by atoms with Gasteiger partial charge in [-0.3, -0.25) is 14.4 Å². The predicted octanol–water partition coefficient (Wildman–Crippen LogP) is 4.84. The van der Waals surface area contributed by atoms with Crippen LogP contribution in [0.15, 0.2) is 52.5 Å². The van der Waals surface area contributed by atoms with Crippen molar-refractivity contribution < 1.29 is 45.8 Å². The number of ether oxygens (including phenoxy) is 1. The number of amides is 2. The minimum Gasteiger partial charge on any atom is -0.453 e. The molecular formula is C27H23F6N5O4S. The average molecular weight is 628 g/mol. The van der Waals surface area contributed by atoms with Crippen LogP contribution < -0.4 is 0 Å². The van der Waals surface area contributed by atoms with E-state index in [0.29, 0.717) is 39.2 Å². The zero-order valence-electron chi connectivity index (χ0n) is 22.3. The van der Waals surface area contributed by atoms with Gasteiger partial charge in [0.05, 0.1) is 54.0 Å². The summed E-state index contributed by atoms with van der Waals surface area (Å²) in [6, 6.07) is 5.87. The van der Waals surface area contributed by atoms with Crippen LogP contribution in [0.2, 0.25) is 0 Å². The number of rotatable bonds is 4. The summed E-state index contributed by atoms with van der Waals surface area (Å²) in [5.74, 6) is -0.478. The molecule has 3 heterocycles. The van der Waals surface area contributed by atoms with Gasteiger partial charge in [0, 0.05) is 25.0 Å². The number of aromatic nitrogens is 2. The van der Waals surface area contributed by atoms with E-state index in [9.17, 15) is 41.0 Å². The normalized spacial score (nSPS) is 19.0. The lowest BCUT2D eigenvalue weighted by Gasteiger charge is -2.40. The number of aliphatic imine (C=N–C) groups is 1. The molecular weight excluding hydrogens is 604 g/mol. The van der Waals surface area contributed by atoms with Gasteiger partial charge in [-0.15, -0.1) is 0 Å². The summed E-state index contributed by atoms with van der Waals surface area (Å²) in [6.45, 7) is 0.170. The van der Waals surface area contributed by atoms with E-state index in [0.717, 1.165) is 17.8 Å². The van der Waals surface area contributed by atoms with E-state index in [-0.39, 0.29) is 31.3 Å². The number of amidine groups is 1. The van der Waals surface area contributed by atoms with Crippen LogP contribution in [-0.2, 0) is 28.4 Å². The molecule has 16 heteroatoms. The third-order valence-corrected chi connectivity index (χ3v) is 8.05. The Labute approximate surface area is 244 Å². The molecule has 228 valence electrons. The van der Waals surface area contributed by atoms with Gasteiger partial charge in [-0.05, 0) is 53.2 Å². The Bertz CT molecular complexity index is 1630. The average Bonchev–Trinajstić information content (AvgIpc) is 3.53. The highest BCUT2D eigenvalue weighted by Gasteiger charge is 2.38. The van der Waals surface area contributed by atoms with E-state index in [1.54, 1.807) is 29.2 Å². The standard InChI is InChI=1S/C27H23F6N5O4S/c1-42-25(41)37-7-6-36(13-19(37)14-39)24-35-23(40)22(43-24)9-15-2-5-21-17(8-15)11-34-38(21)12-16-3-4-18(26(28,29)30)10-20(16)27(31,32)33/h2-5,8-11,19,39H,6-7,12-14H2,1H3/b22-9-/t19-/m1/s1. The number of carbonyl (C=O) groups is 2. The molecule has 0 radical (unpaired) electrons. The van der Waals surface area contributed by atoms with Gasteiger partial charge >= 0.3 is 18.4 Å². The van der Waals surface area contributed by atoms with Gasteiger partial charge in [0.2, 0.25) is 0 Å². The minimum absolute atomic E-state index is 0.0981. The highest BCUT2D eigenvalue weighted by atomic mass is 32.2. The number of aliphatic hydroxyl groups is 1. The summed E-state index contributed by atoms with van der Waals surface area (Å²) >= 11 is 1.13. The van der Waals surface area contributed by atoms with E-state index in [2.05, 4.69) is 10.1 Å².